The van der Waals surface area contributed by atoms with Gasteiger partial charge in [0, 0.05) is 164 Å². The van der Waals surface area contributed by atoms with Crippen LogP contribution in [0.1, 0.15) is 145 Å². The number of unbranched alkanes of at least 4 members (excludes halogenated alkanes) is 3. The fourth-order valence-corrected chi connectivity index (χ4v) is 18.2. The molecule has 0 radical (unpaired) electrons. The summed E-state index contributed by atoms with van der Waals surface area (Å²) >= 11 is 0. The number of hydrogen-bond donors (Lipinski definition) is 1. The first-order valence-corrected chi connectivity index (χ1v) is 36.5. The average Bonchev–Trinajstić information content (AvgIpc) is 1.58. The number of ketones is 4. The molecule has 536 valence electrons. The van der Waals surface area contributed by atoms with E-state index in [1.54, 1.807) is 114 Å². The number of nitrogens with zero attached hydrogens (tertiary/aromatic N) is 4. The number of Topliss-reactive ketones (excluding diaryl/α,β-unsaturated/α-hetero) is 4. The molecule has 1 N–H and O–H groups in total. The van der Waals surface area contributed by atoms with Crippen LogP contribution in [-0.2, 0) is 39.1 Å². The molecule has 0 aromatic heterocycles. The summed E-state index contributed by atoms with van der Waals surface area (Å²) in [5, 5.41) is 6.92. The smallest absolute Gasteiger partial charge is 0.415 e. The van der Waals surface area contributed by atoms with Crippen molar-refractivity contribution in [1.82, 2.24) is 24.9 Å². The van der Waals surface area contributed by atoms with Crippen molar-refractivity contribution in [3.63, 3.8) is 0 Å². The second-order valence-corrected chi connectivity index (χ2v) is 31.8. The summed E-state index contributed by atoms with van der Waals surface area (Å²) in [5.74, 6) is 0.0746. The average molecular weight is 1410 g/mol. The van der Waals surface area contributed by atoms with Crippen LogP contribution in [0.5, 0.6) is 23.0 Å². The fourth-order valence-electron chi connectivity index (χ4n) is 14.1. The zero-order valence-electron chi connectivity index (χ0n) is 61.2. The SMILES string of the molecule is CC1=C(C)C(=O)C(C(C)(C)CC(=O)N(C)CCN(C)C(=O)Oc2ccc3c(c2)Oc2cc(OC(=O)N(C)CCN(C)C(=O)CC(C)(C)C4=C(C)C(=O)C(C)=C(C)C4=O)ccc2C32OC(=O)c3ccc(C(=O)NCCCCCC=P(c4ccccc4)(c4ccccc4)c4ccccc4)cc32)=C(C)C1=O. The van der Waals surface area contributed by atoms with Crippen LogP contribution in [0.2, 0.25) is 0 Å². The highest BCUT2D eigenvalue weighted by atomic mass is 31.2. The minimum Gasteiger partial charge on any atom is -0.456 e. The summed E-state index contributed by atoms with van der Waals surface area (Å²) in [4.78, 5) is 142. The third-order valence-electron chi connectivity index (χ3n) is 20.4. The van der Waals surface area contributed by atoms with Gasteiger partial charge in [-0.2, -0.15) is 0 Å². The lowest BCUT2D eigenvalue weighted by molar-refractivity contribution is -0.132. The standard InChI is InChI=1S/C83H90N5O14P/c1-51-53(3)75(93)71(55(5)73(51)91)81(7,8)49-69(89)85(11)41-43-87(13)79(97)99-58-35-38-64-67(47-58)101-68-48-59(100-80(98)88(14)44-42-86(12)70(90)50-82(9,10)72-56(6)74(92)52(2)54(4)76(72)94)36-39-65(68)83(64)66-46-57(34-37-63(66)78(96)102-83)77(95)84-40-26-15-16-27-45-103(60-28-20-17-21-29-60,61-30-22-18-23-31-61)62-32-24-19-25-33-62/h17-25,28-39,45-48H,15-16,26-27,40-44,49-50H2,1-14H3,(H,84,95). The second kappa shape index (κ2) is 30.6. The highest BCUT2D eigenvalue weighted by molar-refractivity contribution is 7.94. The van der Waals surface area contributed by atoms with Gasteiger partial charge in [0.25, 0.3) is 5.91 Å². The Hall–Kier alpha value is -10.5. The van der Waals surface area contributed by atoms with Gasteiger partial charge in [-0.1, -0.05) is 131 Å². The van der Waals surface area contributed by atoms with Crippen LogP contribution in [0.25, 0.3) is 0 Å². The molecule has 0 fully saturated rings. The maximum absolute atomic E-state index is 14.3. The van der Waals surface area contributed by atoms with Gasteiger partial charge in [0.05, 0.1) is 5.56 Å². The molecule has 0 atom stereocenters. The van der Waals surface area contributed by atoms with Crippen LogP contribution in [0.4, 0.5) is 9.59 Å². The zero-order valence-corrected chi connectivity index (χ0v) is 62.1. The number of allylic oxidation sites excluding steroid dienone is 8. The molecule has 0 saturated heterocycles. The molecule has 6 aromatic carbocycles. The number of amides is 5. The monoisotopic (exact) mass is 1410 g/mol. The van der Waals surface area contributed by atoms with Crippen molar-refractivity contribution in [3.05, 3.63) is 218 Å². The molecule has 0 unspecified atom stereocenters. The molecular formula is C83H90N5O14P. The zero-order chi connectivity index (χ0) is 74.6. The van der Waals surface area contributed by atoms with E-state index >= 15 is 0 Å². The highest BCUT2D eigenvalue weighted by Gasteiger charge is 2.54. The summed E-state index contributed by atoms with van der Waals surface area (Å²) in [7, 11) is 6.19. The van der Waals surface area contributed by atoms with E-state index in [1.807, 2.05) is 18.2 Å². The largest absolute Gasteiger partial charge is 0.456 e. The Kier molecular flexibility index (Phi) is 22.3. The minimum absolute atomic E-state index is 0.0266. The maximum Gasteiger partial charge on any atom is 0.415 e. The van der Waals surface area contributed by atoms with Crippen molar-refractivity contribution >= 4 is 87.6 Å². The van der Waals surface area contributed by atoms with E-state index in [-0.39, 0.29) is 114 Å². The van der Waals surface area contributed by atoms with Crippen LogP contribution in [-0.4, -0.2) is 145 Å². The number of esters is 1. The first-order chi connectivity index (χ1) is 48.8. The van der Waals surface area contributed by atoms with Crippen molar-refractivity contribution in [2.24, 2.45) is 10.8 Å². The Morgan fingerprint density at radius 2 is 0.883 bits per heavy atom. The molecule has 10 rings (SSSR count). The number of rotatable bonds is 24. The van der Waals surface area contributed by atoms with Crippen molar-refractivity contribution in [1.29, 1.82) is 0 Å². The predicted molar refractivity (Wildman–Crippen MR) is 398 cm³/mol. The first kappa shape index (κ1) is 75.2. The number of benzene rings is 6. The Bertz CT molecular complexity index is 4380. The quantitative estimate of drug-likeness (QED) is 0.0257. The Balaban J connectivity index is 0.857. The molecule has 103 heavy (non-hydrogen) atoms. The lowest BCUT2D eigenvalue weighted by atomic mass is 9.71. The molecule has 19 nitrogen and oxygen atoms in total. The molecule has 20 heteroatoms. The fraction of sp³-hybridized carbons (Fsp3) is 0.337. The summed E-state index contributed by atoms with van der Waals surface area (Å²) in [6.45, 7) is 15.2. The van der Waals surface area contributed by atoms with Gasteiger partial charge in [-0.25, -0.2) is 14.4 Å². The van der Waals surface area contributed by atoms with Gasteiger partial charge in [-0.3, -0.25) is 33.6 Å². The van der Waals surface area contributed by atoms with Gasteiger partial charge in [0.2, 0.25) is 11.8 Å². The van der Waals surface area contributed by atoms with Gasteiger partial charge in [-0.15, -0.1) is 0 Å². The molecule has 2 aliphatic heterocycles. The normalized spacial score (nSPS) is 14.9. The topological polar surface area (TPSA) is 233 Å². The van der Waals surface area contributed by atoms with E-state index in [9.17, 15) is 47.9 Å². The van der Waals surface area contributed by atoms with Crippen molar-refractivity contribution in [2.45, 2.75) is 113 Å². The van der Waals surface area contributed by atoms with Gasteiger partial charge >= 0.3 is 18.2 Å². The third-order valence-corrected chi connectivity index (χ3v) is 24.6. The van der Waals surface area contributed by atoms with Crippen LogP contribution in [0.3, 0.4) is 0 Å². The second-order valence-electron chi connectivity index (χ2n) is 28.4. The minimum atomic E-state index is -2.13. The van der Waals surface area contributed by atoms with E-state index < -0.39 is 41.5 Å². The summed E-state index contributed by atoms with van der Waals surface area (Å²) < 4.78 is 25.0. The van der Waals surface area contributed by atoms with E-state index in [2.05, 4.69) is 83.9 Å². The van der Waals surface area contributed by atoms with Crippen LogP contribution in [0.15, 0.2) is 190 Å². The molecule has 1 spiro atoms. The van der Waals surface area contributed by atoms with Gasteiger partial charge in [0.15, 0.2) is 28.7 Å². The number of nitrogens with one attached hydrogen (secondary N) is 1. The summed E-state index contributed by atoms with van der Waals surface area (Å²) in [6.07, 6.45) is 1.55. The van der Waals surface area contributed by atoms with Gasteiger partial charge < -0.3 is 43.9 Å². The molecular weight excluding hydrogens is 1320 g/mol. The van der Waals surface area contributed by atoms with Crippen molar-refractivity contribution in [2.75, 3.05) is 60.9 Å². The molecule has 2 heterocycles. The van der Waals surface area contributed by atoms with Gasteiger partial charge in [-0.05, 0) is 126 Å². The van der Waals surface area contributed by atoms with E-state index in [1.165, 1.54) is 73.9 Å². The van der Waals surface area contributed by atoms with Gasteiger partial charge in [0.1, 0.15) is 23.0 Å². The van der Waals surface area contributed by atoms with Crippen molar-refractivity contribution in [3.8, 4) is 23.0 Å². The predicted octanol–water partition coefficient (Wildman–Crippen LogP) is 12.6. The van der Waals surface area contributed by atoms with E-state index in [0.717, 1.165) is 19.3 Å². The third kappa shape index (κ3) is 15.1. The molecule has 2 aliphatic carbocycles. The lowest BCUT2D eigenvalue weighted by Gasteiger charge is -2.36. The lowest BCUT2D eigenvalue weighted by Crippen LogP contribution is -2.40. The number of carbonyl (C=O) groups excluding carboxylic acids is 10. The number of ether oxygens (including phenoxy) is 4. The Morgan fingerprint density at radius 3 is 1.31 bits per heavy atom. The van der Waals surface area contributed by atoms with Crippen LogP contribution >= 0.6 is 6.89 Å². The van der Waals surface area contributed by atoms with Crippen LogP contribution < -0.4 is 35.4 Å². The molecule has 6 aromatic rings. The molecule has 0 saturated carbocycles. The molecule has 5 amide bonds. The van der Waals surface area contributed by atoms with Crippen LogP contribution in [0, 0.1) is 10.8 Å². The van der Waals surface area contributed by atoms with E-state index in [4.69, 9.17) is 18.9 Å². The summed E-state index contributed by atoms with van der Waals surface area (Å²) in [6, 6.07) is 45.9. The molecule has 0 bridgehead atoms. The Morgan fingerprint density at radius 1 is 0.476 bits per heavy atom. The molecule has 4 aliphatic rings. The number of hydrogen-bond acceptors (Lipinski definition) is 14. The number of fused-ring (bicyclic) bond motifs is 6. The van der Waals surface area contributed by atoms with E-state index in [0.29, 0.717) is 74.2 Å². The highest BCUT2D eigenvalue weighted by Crippen LogP contribution is 2.57. The maximum atomic E-state index is 14.3. The first-order valence-electron chi connectivity index (χ1n) is 34.7. The van der Waals surface area contributed by atoms with Crippen molar-refractivity contribution < 1.29 is 66.9 Å². The Labute approximate surface area is 602 Å². The number of carbonyl (C=O) groups is 10. The number of likely N-dealkylation sites (N-methyl/N-ethyl adjacent to an activating group) is 4. The summed E-state index contributed by atoms with van der Waals surface area (Å²) in [5.41, 5.74) is 0.413.